The van der Waals surface area contributed by atoms with Gasteiger partial charge in [0, 0.05) is 30.1 Å². The Balaban J connectivity index is 0.00000114. The third-order valence-electron chi connectivity index (χ3n) is 7.68. The summed E-state index contributed by atoms with van der Waals surface area (Å²) in [5.74, 6) is 5.05. The van der Waals surface area contributed by atoms with Gasteiger partial charge in [-0.1, -0.05) is 23.5 Å². The van der Waals surface area contributed by atoms with Crippen molar-refractivity contribution in [3.63, 3.8) is 0 Å². The van der Waals surface area contributed by atoms with Crippen molar-refractivity contribution in [1.82, 2.24) is 0 Å². The highest BCUT2D eigenvalue weighted by Crippen LogP contribution is 2.40. The summed E-state index contributed by atoms with van der Waals surface area (Å²) in [6.07, 6.45) is 7.24. The van der Waals surface area contributed by atoms with E-state index in [0.29, 0.717) is 55.9 Å². The molecular formula is C33H49NO7S. The highest BCUT2D eigenvalue weighted by atomic mass is 32.1. The molecule has 2 atom stereocenters. The van der Waals surface area contributed by atoms with Crippen molar-refractivity contribution in [3.8, 4) is 11.8 Å². The number of anilines is 1. The van der Waals surface area contributed by atoms with Crippen LogP contribution in [0.1, 0.15) is 107 Å². The van der Waals surface area contributed by atoms with Crippen LogP contribution in [0.4, 0.5) is 5.69 Å². The quantitative estimate of drug-likeness (QED) is 0.267. The minimum atomic E-state index is -1.05. The minimum Gasteiger partial charge on any atom is -0.477 e. The lowest BCUT2D eigenvalue weighted by Gasteiger charge is -2.42. The molecule has 4 rings (SSSR count). The predicted molar refractivity (Wildman–Crippen MR) is 166 cm³/mol. The number of hydrogen-bond acceptors (Lipinski definition) is 7. The van der Waals surface area contributed by atoms with E-state index in [1.165, 1.54) is 5.57 Å². The summed E-state index contributed by atoms with van der Waals surface area (Å²) < 4.78 is 11.3. The van der Waals surface area contributed by atoms with Crippen LogP contribution in [0.3, 0.4) is 0 Å². The Morgan fingerprint density at radius 2 is 1.88 bits per heavy atom. The van der Waals surface area contributed by atoms with Crippen molar-refractivity contribution >= 4 is 28.9 Å². The molecule has 1 saturated carbocycles. The molecule has 1 saturated heterocycles. The average molecular weight is 604 g/mol. The SMILES string of the molecule is CC(C)O.CC1=CC[C@H](C(=O)N(c2cc(C#CC(C)(C)C)sc2C(=O)O)[C@H]2CC[C@](O)(CO[C@H]3CCOC3)CC2)CC1. The molecule has 0 spiro atoms. The summed E-state index contributed by atoms with van der Waals surface area (Å²) in [6, 6.07) is 1.58. The zero-order valence-electron chi connectivity index (χ0n) is 26.1. The number of carboxylic acid groups (broad SMARTS) is 1. The van der Waals surface area contributed by atoms with E-state index in [0.717, 1.165) is 30.6 Å². The van der Waals surface area contributed by atoms with Gasteiger partial charge < -0.3 is 29.7 Å². The second kappa shape index (κ2) is 15.0. The van der Waals surface area contributed by atoms with Gasteiger partial charge in [0.15, 0.2) is 0 Å². The first-order valence-corrected chi connectivity index (χ1v) is 16.0. The van der Waals surface area contributed by atoms with E-state index in [9.17, 15) is 19.8 Å². The van der Waals surface area contributed by atoms with Crippen LogP contribution in [0.15, 0.2) is 17.7 Å². The molecule has 2 heterocycles. The second-order valence-corrected chi connectivity index (χ2v) is 14.3. The first-order valence-electron chi connectivity index (χ1n) is 15.2. The van der Waals surface area contributed by atoms with E-state index in [2.05, 4.69) is 24.8 Å². The van der Waals surface area contributed by atoms with Crippen molar-refractivity contribution in [1.29, 1.82) is 0 Å². The Bertz CT molecular complexity index is 1150. The topological polar surface area (TPSA) is 117 Å². The molecule has 3 aliphatic rings. The monoisotopic (exact) mass is 603 g/mol. The van der Waals surface area contributed by atoms with Crippen LogP contribution in [-0.2, 0) is 14.3 Å². The van der Waals surface area contributed by atoms with E-state index in [1.54, 1.807) is 24.8 Å². The normalized spacial score (nSPS) is 26.0. The van der Waals surface area contributed by atoms with Gasteiger partial charge in [0.25, 0.3) is 0 Å². The van der Waals surface area contributed by atoms with Gasteiger partial charge in [-0.3, -0.25) is 4.79 Å². The molecular weight excluding hydrogens is 554 g/mol. The first-order chi connectivity index (χ1) is 19.7. The number of carbonyl (C=O) groups is 2. The Hall–Kier alpha value is -2.22. The number of aliphatic hydroxyl groups is 2. The molecule has 1 aliphatic heterocycles. The van der Waals surface area contributed by atoms with Crippen LogP contribution >= 0.6 is 11.3 Å². The van der Waals surface area contributed by atoms with Gasteiger partial charge in [-0.15, -0.1) is 11.3 Å². The lowest BCUT2D eigenvalue weighted by Crippen LogP contribution is -2.50. The highest BCUT2D eigenvalue weighted by Gasteiger charge is 2.41. The molecule has 2 aliphatic carbocycles. The highest BCUT2D eigenvalue weighted by molar-refractivity contribution is 7.15. The molecule has 9 heteroatoms. The van der Waals surface area contributed by atoms with Crippen LogP contribution in [0.2, 0.25) is 0 Å². The van der Waals surface area contributed by atoms with E-state index < -0.39 is 11.6 Å². The third-order valence-corrected chi connectivity index (χ3v) is 8.71. The fourth-order valence-electron chi connectivity index (χ4n) is 5.37. The zero-order valence-corrected chi connectivity index (χ0v) is 26.9. The zero-order chi connectivity index (χ0) is 31.1. The second-order valence-electron chi connectivity index (χ2n) is 13.2. The number of aliphatic hydroxyl groups excluding tert-OH is 1. The van der Waals surface area contributed by atoms with E-state index in [-0.39, 0.29) is 47.0 Å². The van der Waals surface area contributed by atoms with Crippen molar-refractivity contribution < 1.29 is 34.4 Å². The van der Waals surface area contributed by atoms with Crippen LogP contribution in [0.25, 0.3) is 0 Å². The summed E-state index contributed by atoms with van der Waals surface area (Å²) in [6.45, 7) is 13.1. The standard InChI is InChI=1S/C30H41NO6S.C3H8O/c1-20-5-7-21(8-6-20)27(32)31(25-17-24(11-13-29(2,3)4)38-26(25)28(33)34)22-9-14-30(35,15-10-22)19-37-23-12-16-36-18-23;1-3(2)4/h5,17,21-23,35H,6-10,12,14-16,18-19H2,1-4H3,(H,33,34);3-4H,1-2H3/t21-,22-,23-,30+;/m0./s1. The molecule has 1 amide bonds. The molecule has 1 aromatic heterocycles. The Morgan fingerprint density at radius 3 is 2.40 bits per heavy atom. The van der Waals surface area contributed by atoms with Crippen LogP contribution in [0, 0.1) is 23.2 Å². The number of hydrogen-bond donors (Lipinski definition) is 3. The predicted octanol–water partition coefficient (Wildman–Crippen LogP) is 5.79. The van der Waals surface area contributed by atoms with Crippen LogP contribution in [0.5, 0.6) is 0 Å². The van der Waals surface area contributed by atoms with Crippen LogP contribution in [-0.4, -0.2) is 70.9 Å². The minimum absolute atomic E-state index is 0.0224. The summed E-state index contributed by atoms with van der Waals surface area (Å²) >= 11 is 1.13. The summed E-state index contributed by atoms with van der Waals surface area (Å²) in [7, 11) is 0. The Kier molecular flexibility index (Phi) is 12.2. The number of thiophene rings is 1. The number of nitrogens with zero attached hydrogens (tertiary/aromatic N) is 1. The number of carbonyl (C=O) groups excluding carboxylic acids is 1. The smallest absolute Gasteiger partial charge is 0.348 e. The van der Waals surface area contributed by atoms with Crippen molar-refractivity contribution in [2.75, 3.05) is 24.7 Å². The van der Waals surface area contributed by atoms with Crippen molar-refractivity contribution in [2.24, 2.45) is 11.3 Å². The Morgan fingerprint density at radius 1 is 1.21 bits per heavy atom. The van der Waals surface area contributed by atoms with Crippen molar-refractivity contribution in [2.45, 2.75) is 117 Å². The number of allylic oxidation sites excluding steroid dienone is 2. The van der Waals surface area contributed by atoms with Crippen molar-refractivity contribution in [3.05, 3.63) is 27.5 Å². The maximum Gasteiger partial charge on any atom is 0.348 e. The fraction of sp³-hybridized carbons (Fsp3) is 0.697. The third kappa shape index (κ3) is 10.2. The lowest BCUT2D eigenvalue weighted by atomic mass is 9.81. The molecule has 3 N–H and O–H groups in total. The Labute approximate surface area is 255 Å². The molecule has 0 aromatic carbocycles. The van der Waals surface area contributed by atoms with E-state index >= 15 is 0 Å². The summed E-state index contributed by atoms with van der Waals surface area (Å²) in [5.41, 5.74) is 0.548. The largest absolute Gasteiger partial charge is 0.477 e. The van der Waals surface area contributed by atoms with Gasteiger partial charge in [-0.25, -0.2) is 4.79 Å². The van der Waals surface area contributed by atoms with Gasteiger partial charge in [-0.2, -0.15) is 0 Å². The van der Waals surface area contributed by atoms with Gasteiger partial charge in [0.05, 0.1) is 35.5 Å². The maximum absolute atomic E-state index is 14.0. The lowest BCUT2D eigenvalue weighted by molar-refractivity contribution is -0.124. The number of amides is 1. The molecule has 0 unspecified atom stereocenters. The molecule has 42 heavy (non-hydrogen) atoms. The number of aromatic carboxylic acids is 1. The molecule has 2 fully saturated rings. The molecule has 234 valence electrons. The molecule has 0 radical (unpaired) electrons. The first kappa shape index (κ1) is 34.3. The molecule has 1 aromatic rings. The summed E-state index contributed by atoms with van der Waals surface area (Å²) in [5, 5.41) is 29.4. The van der Waals surface area contributed by atoms with Gasteiger partial charge in [-0.05, 0) is 99.0 Å². The van der Waals surface area contributed by atoms with Crippen LogP contribution < -0.4 is 4.90 Å². The molecule has 8 nitrogen and oxygen atoms in total. The average Bonchev–Trinajstić information content (AvgIpc) is 3.58. The summed E-state index contributed by atoms with van der Waals surface area (Å²) in [4.78, 5) is 28.9. The fourth-order valence-corrected chi connectivity index (χ4v) is 6.21. The number of rotatable bonds is 7. The van der Waals surface area contributed by atoms with Gasteiger partial charge >= 0.3 is 5.97 Å². The maximum atomic E-state index is 14.0. The number of carboxylic acids is 1. The van der Waals surface area contributed by atoms with Gasteiger partial charge in [0.1, 0.15) is 4.88 Å². The van der Waals surface area contributed by atoms with Gasteiger partial charge in [0.2, 0.25) is 5.91 Å². The van der Waals surface area contributed by atoms with E-state index in [4.69, 9.17) is 14.6 Å². The molecule has 0 bridgehead atoms. The number of ether oxygens (including phenoxy) is 2. The van der Waals surface area contributed by atoms with E-state index in [1.807, 2.05) is 20.8 Å².